The molecule has 5 heteroatoms. The normalized spacial score (nSPS) is 19.1. The Bertz CT molecular complexity index is 551. The summed E-state index contributed by atoms with van der Waals surface area (Å²) in [7, 11) is 0. The van der Waals surface area contributed by atoms with Gasteiger partial charge in [-0.15, -0.1) is 0 Å². The molecule has 1 aliphatic rings. The molecule has 0 unspecified atom stereocenters. The first-order valence-electron chi connectivity index (χ1n) is 7.31. The molecule has 0 spiro atoms. The van der Waals surface area contributed by atoms with Gasteiger partial charge in [-0.2, -0.15) is 0 Å². The van der Waals surface area contributed by atoms with Crippen LogP contribution in [0, 0.1) is 19.8 Å². The van der Waals surface area contributed by atoms with Crippen molar-refractivity contribution in [2.24, 2.45) is 5.92 Å². The van der Waals surface area contributed by atoms with Gasteiger partial charge in [0.25, 0.3) is 5.56 Å². The molecule has 5 nitrogen and oxygen atoms in total. The Morgan fingerprint density at radius 1 is 1.45 bits per heavy atom. The second-order valence-electron chi connectivity index (χ2n) is 5.80. The number of carbonyl (C=O) groups excluding carboxylic acids is 1. The molecule has 1 N–H and O–H groups in total. The third-order valence-corrected chi connectivity index (χ3v) is 3.94. The number of nitrogens with one attached hydrogen (secondary N) is 1. The zero-order valence-electron chi connectivity index (χ0n) is 12.5. The number of hydrogen-bond donors (Lipinski definition) is 1. The van der Waals surface area contributed by atoms with Gasteiger partial charge in [-0.1, -0.05) is 6.92 Å². The van der Waals surface area contributed by atoms with E-state index < -0.39 is 0 Å². The maximum absolute atomic E-state index is 12.2. The number of piperidine rings is 1. The lowest BCUT2D eigenvalue weighted by atomic mass is 9.99. The molecule has 110 valence electrons. The zero-order valence-corrected chi connectivity index (χ0v) is 12.5. The molecule has 0 bridgehead atoms. The van der Waals surface area contributed by atoms with E-state index in [-0.39, 0.29) is 11.5 Å². The van der Waals surface area contributed by atoms with Crippen molar-refractivity contribution in [2.45, 2.75) is 46.5 Å². The van der Waals surface area contributed by atoms with Gasteiger partial charge in [-0.3, -0.25) is 9.59 Å². The van der Waals surface area contributed by atoms with Crippen molar-refractivity contribution in [2.75, 3.05) is 13.1 Å². The number of carbonyl (C=O) groups is 1. The number of aromatic nitrogens is 2. The van der Waals surface area contributed by atoms with Crippen molar-refractivity contribution in [1.29, 1.82) is 0 Å². The van der Waals surface area contributed by atoms with Crippen LogP contribution in [0.4, 0.5) is 0 Å². The van der Waals surface area contributed by atoms with Crippen molar-refractivity contribution in [3.63, 3.8) is 0 Å². The van der Waals surface area contributed by atoms with Crippen molar-refractivity contribution < 1.29 is 4.79 Å². The first-order valence-corrected chi connectivity index (χ1v) is 7.31. The fourth-order valence-corrected chi connectivity index (χ4v) is 2.85. The second-order valence-corrected chi connectivity index (χ2v) is 5.80. The fraction of sp³-hybridized carbons (Fsp3) is 0.667. The van der Waals surface area contributed by atoms with Crippen molar-refractivity contribution >= 4 is 5.91 Å². The number of aryl methyl sites for hydroxylation is 2. The van der Waals surface area contributed by atoms with E-state index in [9.17, 15) is 9.59 Å². The summed E-state index contributed by atoms with van der Waals surface area (Å²) in [5, 5.41) is 0. The van der Waals surface area contributed by atoms with Crippen LogP contribution >= 0.6 is 0 Å². The number of amides is 1. The summed E-state index contributed by atoms with van der Waals surface area (Å²) in [6, 6.07) is 0. The zero-order chi connectivity index (χ0) is 14.7. The highest BCUT2D eigenvalue weighted by molar-refractivity contribution is 5.76. The van der Waals surface area contributed by atoms with Gasteiger partial charge >= 0.3 is 0 Å². The highest BCUT2D eigenvalue weighted by Gasteiger charge is 2.21. The minimum absolute atomic E-state index is 0.116. The molecule has 1 fully saturated rings. The molecule has 0 radical (unpaired) electrons. The van der Waals surface area contributed by atoms with Crippen LogP contribution in [-0.2, 0) is 11.2 Å². The Morgan fingerprint density at radius 2 is 2.20 bits per heavy atom. The predicted octanol–water partition coefficient (Wildman–Crippen LogP) is 1.58. The average Bonchev–Trinajstić information content (AvgIpc) is 2.37. The largest absolute Gasteiger partial charge is 0.342 e. The standard InChI is InChI=1S/C15H23N3O2/c1-10-5-4-8-18(9-10)14(19)7-6-13-11(2)16-12(3)17-15(13)20/h10H,4-9H2,1-3H3,(H,16,17,20)/t10-/m0/s1. The third-order valence-electron chi connectivity index (χ3n) is 3.94. The molecule has 0 aliphatic carbocycles. The van der Waals surface area contributed by atoms with Crippen LogP contribution in [0.5, 0.6) is 0 Å². The van der Waals surface area contributed by atoms with E-state index in [1.165, 1.54) is 6.42 Å². The van der Waals surface area contributed by atoms with Crippen LogP contribution < -0.4 is 5.56 Å². The van der Waals surface area contributed by atoms with Gasteiger partial charge in [0.05, 0.1) is 0 Å². The molecule has 1 saturated heterocycles. The van der Waals surface area contributed by atoms with E-state index in [0.29, 0.717) is 30.1 Å². The lowest BCUT2D eigenvalue weighted by Gasteiger charge is -2.31. The summed E-state index contributed by atoms with van der Waals surface area (Å²) in [5.74, 6) is 1.35. The van der Waals surface area contributed by atoms with Crippen LogP contribution in [0.15, 0.2) is 4.79 Å². The molecule has 1 aliphatic heterocycles. The summed E-state index contributed by atoms with van der Waals surface area (Å²) >= 11 is 0. The number of nitrogens with zero attached hydrogens (tertiary/aromatic N) is 2. The number of likely N-dealkylation sites (tertiary alicyclic amines) is 1. The maximum atomic E-state index is 12.2. The predicted molar refractivity (Wildman–Crippen MR) is 77.6 cm³/mol. The average molecular weight is 277 g/mol. The minimum Gasteiger partial charge on any atom is -0.342 e. The Labute approximate surface area is 119 Å². The number of H-pyrrole nitrogens is 1. The quantitative estimate of drug-likeness (QED) is 0.912. The van der Waals surface area contributed by atoms with Gasteiger partial charge in [0.15, 0.2) is 0 Å². The van der Waals surface area contributed by atoms with Gasteiger partial charge in [-0.25, -0.2) is 4.98 Å². The summed E-state index contributed by atoms with van der Waals surface area (Å²) in [6.45, 7) is 7.46. The van der Waals surface area contributed by atoms with Crippen molar-refractivity contribution in [1.82, 2.24) is 14.9 Å². The molecular formula is C15H23N3O2. The third kappa shape index (κ3) is 3.46. The van der Waals surface area contributed by atoms with Gasteiger partial charge in [0, 0.05) is 30.8 Å². The maximum Gasteiger partial charge on any atom is 0.254 e. The summed E-state index contributed by atoms with van der Waals surface area (Å²) in [4.78, 5) is 33.0. The monoisotopic (exact) mass is 277 g/mol. The Hall–Kier alpha value is -1.65. The van der Waals surface area contributed by atoms with Crippen molar-refractivity contribution in [3.8, 4) is 0 Å². The molecule has 1 aromatic heterocycles. The highest BCUT2D eigenvalue weighted by atomic mass is 16.2. The lowest BCUT2D eigenvalue weighted by Crippen LogP contribution is -2.39. The molecule has 20 heavy (non-hydrogen) atoms. The van der Waals surface area contributed by atoms with Gasteiger partial charge in [-0.05, 0) is 39.0 Å². The SMILES string of the molecule is Cc1nc(C)c(CCC(=O)N2CCC[C@H](C)C2)c(=O)[nH]1. The molecule has 1 amide bonds. The van der Waals surface area contributed by atoms with E-state index >= 15 is 0 Å². The summed E-state index contributed by atoms with van der Waals surface area (Å²) in [6.07, 6.45) is 3.14. The van der Waals surface area contributed by atoms with Crippen LogP contribution in [0.25, 0.3) is 0 Å². The molecule has 1 aromatic rings. The molecule has 0 saturated carbocycles. The van der Waals surface area contributed by atoms with Crippen LogP contribution in [0.3, 0.4) is 0 Å². The highest BCUT2D eigenvalue weighted by Crippen LogP contribution is 2.16. The molecular weight excluding hydrogens is 254 g/mol. The summed E-state index contributed by atoms with van der Waals surface area (Å²) < 4.78 is 0. The van der Waals surface area contributed by atoms with E-state index in [1.807, 2.05) is 11.8 Å². The van der Waals surface area contributed by atoms with Crippen LogP contribution in [-0.4, -0.2) is 33.9 Å². The molecule has 1 atom stereocenters. The Kier molecular flexibility index (Phi) is 4.57. The van der Waals surface area contributed by atoms with Gasteiger partial charge in [0.1, 0.15) is 5.82 Å². The van der Waals surface area contributed by atoms with Crippen LogP contribution in [0.1, 0.15) is 43.3 Å². The molecule has 0 aromatic carbocycles. The first kappa shape index (κ1) is 14.8. The van der Waals surface area contributed by atoms with E-state index in [1.54, 1.807) is 6.92 Å². The minimum atomic E-state index is -0.116. The number of aromatic amines is 1. The molecule has 2 heterocycles. The van der Waals surface area contributed by atoms with E-state index in [2.05, 4.69) is 16.9 Å². The number of hydrogen-bond acceptors (Lipinski definition) is 3. The fourth-order valence-electron chi connectivity index (χ4n) is 2.85. The van der Waals surface area contributed by atoms with E-state index in [4.69, 9.17) is 0 Å². The smallest absolute Gasteiger partial charge is 0.254 e. The Morgan fingerprint density at radius 3 is 2.85 bits per heavy atom. The van der Waals surface area contributed by atoms with Gasteiger partial charge < -0.3 is 9.88 Å². The number of rotatable bonds is 3. The topological polar surface area (TPSA) is 66.1 Å². The second kappa shape index (κ2) is 6.20. The lowest BCUT2D eigenvalue weighted by molar-refractivity contribution is -0.132. The summed E-state index contributed by atoms with van der Waals surface area (Å²) in [5.41, 5.74) is 1.25. The van der Waals surface area contributed by atoms with Crippen LogP contribution in [0.2, 0.25) is 0 Å². The van der Waals surface area contributed by atoms with E-state index in [0.717, 1.165) is 25.2 Å². The van der Waals surface area contributed by atoms with Crippen molar-refractivity contribution in [3.05, 3.63) is 27.4 Å². The Balaban J connectivity index is 1.98. The van der Waals surface area contributed by atoms with Gasteiger partial charge in [0.2, 0.25) is 5.91 Å². The first-order chi connectivity index (χ1) is 9.47. The molecule has 2 rings (SSSR count).